The summed E-state index contributed by atoms with van der Waals surface area (Å²) in [6.07, 6.45) is 6.29. The topological polar surface area (TPSA) is 75.4 Å². The second-order valence-corrected chi connectivity index (χ2v) is 4.66. The lowest BCUT2D eigenvalue weighted by Gasteiger charge is -2.27. The molecule has 2 atom stereocenters. The zero-order valence-corrected chi connectivity index (χ0v) is 9.95. The number of rotatable bonds is 6. The van der Waals surface area contributed by atoms with Gasteiger partial charge in [0.05, 0.1) is 6.10 Å². The molecule has 0 heterocycles. The van der Waals surface area contributed by atoms with E-state index in [9.17, 15) is 9.90 Å². The lowest BCUT2D eigenvalue weighted by Crippen LogP contribution is -2.36. The van der Waals surface area contributed by atoms with Crippen molar-refractivity contribution in [3.63, 3.8) is 0 Å². The first-order valence-corrected chi connectivity index (χ1v) is 6.39. The van der Waals surface area contributed by atoms with Gasteiger partial charge in [0.2, 0.25) is 5.91 Å². The first-order chi connectivity index (χ1) is 7.74. The van der Waals surface area contributed by atoms with Crippen LogP contribution >= 0.6 is 0 Å². The summed E-state index contributed by atoms with van der Waals surface area (Å²) in [5.41, 5.74) is 5.36. The van der Waals surface area contributed by atoms with Crippen LogP contribution in [0.3, 0.4) is 0 Å². The minimum atomic E-state index is -0.224. The van der Waals surface area contributed by atoms with E-state index in [2.05, 4.69) is 5.32 Å². The van der Waals surface area contributed by atoms with E-state index < -0.39 is 0 Å². The van der Waals surface area contributed by atoms with Gasteiger partial charge in [0.25, 0.3) is 0 Å². The number of carbonyl (C=O) groups excluding carboxylic acids is 1. The van der Waals surface area contributed by atoms with Crippen molar-refractivity contribution in [3.8, 4) is 0 Å². The maximum atomic E-state index is 11.4. The third-order valence-corrected chi connectivity index (χ3v) is 3.29. The van der Waals surface area contributed by atoms with Gasteiger partial charge >= 0.3 is 0 Å². The third kappa shape index (κ3) is 4.94. The predicted octanol–water partition coefficient (Wildman–Crippen LogP) is 0.783. The quantitative estimate of drug-likeness (QED) is 0.588. The molecule has 4 N–H and O–H groups in total. The first-order valence-electron chi connectivity index (χ1n) is 6.39. The molecule has 4 heteroatoms. The van der Waals surface area contributed by atoms with Crippen molar-refractivity contribution in [1.29, 1.82) is 0 Å². The Bertz CT molecular complexity index is 209. The van der Waals surface area contributed by atoms with Gasteiger partial charge < -0.3 is 16.2 Å². The monoisotopic (exact) mass is 228 g/mol. The zero-order valence-electron chi connectivity index (χ0n) is 9.95. The summed E-state index contributed by atoms with van der Waals surface area (Å²) in [7, 11) is 0. The summed E-state index contributed by atoms with van der Waals surface area (Å²) in [6, 6.07) is 0. The normalized spacial score (nSPS) is 25.4. The molecule has 0 saturated heterocycles. The molecule has 1 rings (SSSR count). The van der Waals surface area contributed by atoms with E-state index in [-0.39, 0.29) is 17.9 Å². The molecule has 0 spiro atoms. The van der Waals surface area contributed by atoms with E-state index in [4.69, 9.17) is 5.73 Å². The van der Waals surface area contributed by atoms with Crippen LogP contribution in [0.1, 0.15) is 44.9 Å². The van der Waals surface area contributed by atoms with Gasteiger partial charge in [-0.1, -0.05) is 12.8 Å². The average molecular weight is 228 g/mol. The molecule has 4 nitrogen and oxygen atoms in total. The molecular weight excluding hydrogens is 204 g/mol. The first kappa shape index (κ1) is 13.5. The van der Waals surface area contributed by atoms with Crippen LogP contribution in [0.5, 0.6) is 0 Å². The number of carbonyl (C=O) groups is 1. The van der Waals surface area contributed by atoms with Gasteiger partial charge in [-0.15, -0.1) is 0 Å². The van der Waals surface area contributed by atoms with Crippen LogP contribution in [-0.2, 0) is 4.79 Å². The molecular formula is C12H24N2O2. The fraction of sp³-hybridized carbons (Fsp3) is 0.917. The summed E-state index contributed by atoms with van der Waals surface area (Å²) in [4.78, 5) is 11.4. The Hall–Kier alpha value is -0.610. The number of nitrogens with one attached hydrogen (secondary N) is 1. The van der Waals surface area contributed by atoms with Gasteiger partial charge in [0, 0.05) is 18.9 Å². The molecule has 94 valence electrons. The van der Waals surface area contributed by atoms with Crippen molar-refractivity contribution in [1.82, 2.24) is 5.32 Å². The molecule has 1 fully saturated rings. The van der Waals surface area contributed by atoms with Gasteiger partial charge in [-0.25, -0.2) is 0 Å². The smallest absolute Gasteiger partial charge is 0.220 e. The standard InChI is InChI=1S/C12H24N2O2/c13-8-4-3-7-12(16)14-9-10-5-1-2-6-11(10)15/h10-11,15H,1-9,13H2,(H,14,16). The SMILES string of the molecule is NCCCCC(=O)NCC1CCCCC1O. The number of aliphatic hydroxyl groups is 1. The summed E-state index contributed by atoms with van der Waals surface area (Å²) >= 11 is 0. The molecule has 1 saturated carbocycles. The molecule has 1 aliphatic rings. The highest BCUT2D eigenvalue weighted by Crippen LogP contribution is 2.23. The molecule has 0 aromatic heterocycles. The van der Waals surface area contributed by atoms with Gasteiger partial charge in [-0.2, -0.15) is 0 Å². The van der Waals surface area contributed by atoms with E-state index in [1.54, 1.807) is 0 Å². The van der Waals surface area contributed by atoms with Gasteiger partial charge in [-0.3, -0.25) is 4.79 Å². The average Bonchev–Trinajstić information content (AvgIpc) is 2.28. The minimum Gasteiger partial charge on any atom is -0.393 e. The summed E-state index contributed by atoms with van der Waals surface area (Å²) in [6.45, 7) is 1.28. The minimum absolute atomic E-state index is 0.0891. The second kappa shape index (κ2) is 7.63. The van der Waals surface area contributed by atoms with Crippen LogP contribution in [-0.4, -0.2) is 30.2 Å². The highest BCUT2D eigenvalue weighted by atomic mass is 16.3. The Kier molecular flexibility index (Phi) is 6.42. The van der Waals surface area contributed by atoms with Gasteiger partial charge in [0.15, 0.2) is 0 Å². The predicted molar refractivity (Wildman–Crippen MR) is 63.9 cm³/mol. The lowest BCUT2D eigenvalue weighted by atomic mass is 9.86. The summed E-state index contributed by atoms with van der Waals surface area (Å²) in [5.74, 6) is 0.346. The lowest BCUT2D eigenvalue weighted by molar-refractivity contribution is -0.121. The Morgan fingerprint density at radius 1 is 1.31 bits per heavy atom. The largest absolute Gasteiger partial charge is 0.393 e. The van der Waals surface area contributed by atoms with E-state index in [0.29, 0.717) is 19.5 Å². The third-order valence-electron chi connectivity index (χ3n) is 3.29. The van der Waals surface area contributed by atoms with E-state index in [1.165, 1.54) is 6.42 Å². The fourth-order valence-electron chi connectivity index (χ4n) is 2.19. The maximum Gasteiger partial charge on any atom is 0.220 e. The van der Waals surface area contributed by atoms with Crippen LogP contribution in [0.15, 0.2) is 0 Å². The molecule has 0 bridgehead atoms. The molecule has 1 aliphatic carbocycles. The Balaban J connectivity index is 2.10. The molecule has 0 aliphatic heterocycles. The van der Waals surface area contributed by atoms with Crippen LogP contribution in [0.4, 0.5) is 0 Å². The van der Waals surface area contributed by atoms with Crippen molar-refractivity contribution in [2.75, 3.05) is 13.1 Å². The van der Waals surface area contributed by atoms with Crippen LogP contribution < -0.4 is 11.1 Å². The van der Waals surface area contributed by atoms with Crippen molar-refractivity contribution < 1.29 is 9.90 Å². The number of amides is 1. The zero-order chi connectivity index (χ0) is 11.8. The molecule has 16 heavy (non-hydrogen) atoms. The van der Waals surface area contributed by atoms with E-state index in [0.717, 1.165) is 32.1 Å². The van der Waals surface area contributed by atoms with Crippen LogP contribution in [0, 0.1) is 5.92 Å². The Morgan fingerprint density at radius 2 is 2.06 bits per heavy atom. The maximum absolute atomic E-state index is 11.4. The van der Waals surface area contributed by atoms with Crippen LogP contribution in [0.25, 0.3) is 0 Å². The second-order valence-electron chi connectivity index (χ2n) is 4.66. The molecule has 0 radical (unpaired) electrons. The molecule has 2 unspecified atom stereocenters. The highest BCUT2D eigenvalue weighted by Gasteiger charge is 2.22. The Labute approximate surface area is 97.6 Å². The van der Waals surface area contributed by atoms with Crippen molar-refractivity contribution >= 4 is 5.91 Å². The van der Waals surface area contributed by atoms with Gasteiger partial charge in [-0.05, 0) is 32.2 Å². The number of unbranched alkanes of at least 4 members (excludes halogenated alkanes) is 1. The van der Waals surface area contributed by atoms with Gasteiger partial charge in [0.1, 0.15) is 0 Å². The summed E-state index contributed by atoms with van der Waals surface area (Å²) in [5, 5.41) is 12.6. The number of aliphatic hydroxyl groups excluding tert-OH is 1. The van der Waals surface area contributed by atoms with E-state index in [1.807, 2.05) is 0 Å². The molecule has 1 amide bonds. The van der Waals surface area contributed by atoms with E-state index >= 15 is 0 Å². The Morgan fingerprint density at radius 3 is 2.75 bits per heavy atom. The highest BCUT2D eigenvalue weighted by molar-refractivity contribution is 5.75. The molecule has 0 aromatic rings. The number of hydrogen-bond donors (Lipinski definition) is 3. The van der Waals surface area contributed by atoms with Crippen LogP contribution in [0.2, 0.25) is 0 Å². The van der Waals surface area contributed by atoms with Crippen molar-refractivity contribution in [3.05, 3.63) is 0 Å². The number of hydrogen-bond acceptors (Lipinski definition) is 3. The van der Waals surface area contributed by atoms with Crippen molar-refractivity contribution in [2.24, 2.45) is 11.7 Å². The fourth-order valence-corrected chi connectivity index (χ4v) is 2.19. The number of nitrogens with two attached hydrogens (primary N) is 1. The van der Waals surface area contributed by atoms with Crippen molar-refractivity contribution in [2.45, 2.75) is 51.0 Å². The molecule has 0 aromatic carbocycles. The summed E-state index contributed by atoms with van der Waals surface area (Å²) < 4.78 is 0.